The van der Waals surface area contributed by atoms with Crippen molar-refractivity contribution in [2.75, 3.05) is 13.2 Å². The molecule has 0 aliphatic carbocycles. The SMILES string of the molecule is CCCC(C)NC(=O)C1N([C@@H](CO)[C@@H](C)CC)C(=O)[C@@H]2[C@@H](C(=O)OCC)[C@]3(C)OC12CC3C. The van der Waals surface area contributed by atoms with E-state index >= 15 is 0 Å². The molecule has 3 aliphatic rings. The van der Waals surface area contributed by atoms with Crippen LogP contribution in [0.5, 0.6) is 0 Å². The first-order chi connectivity index (χ1) is 15.5. The summed E-state index contributed by atoms with van der Waals surface area (Å²) in [4.78, 5) is 42.5. The molecule has 4 unspecified atom stereocenters. The minimum Gasteiger partial charge on any atom is -0.466 e. The van der Waals surface area contributed by atoms with Gasteiger partial charge in [-0.25, -0.2) is 0 Å². The zero-order valence-corrected chi connectivity index (χ0v) is 21.2. The van der Waals surface area contributed by atoms with Gasteiger partial charge in [0.25, 0.3) is 0 Å². The van der Waals surface area contributed by atoms with Gasteiger partial charge in [-0.2, -0.15) is 0 Å². The van der Waals surface area contributed by atoms with E-state index in [9.17, 15) is 19.5 Å². The van der Waals surface area contributed by atoms with Crippen molar-refractivity contribution in [3.8, 4) is 0 Å². The molecule has 0 aromatic carbocycles. The van der Waals surface area contributed by atoms with E-state index < -0.39 is 41.1 Å². The lowest BCUT2D eigenvalue weighted by Gasteiger charge is -2.39. The summed E-state index contributed by atoms with van der Waals surface area (Å²) in [6.07, 6.45) is 2.98. The van der Waals surface area contributed by atoms with E-state index in [4.69, 9.17) is 9.47 Å². The number of ether oxygens (including phenoxy) is 2. The van der Waals surface area contributed by atoms with E-state index in [1.807, 2.05) is 34.6 Å². The monoisotopic (exact) mass is 466 g/mol. The van der Waals surface area contributed by atoms with Crippen LogP contribution in [0, 0.1) is 23.7 Å². The van der Waals surface area contributed by atoms with Gasteiger partial charge in [-0.3, -0.25) is 14.4 Å². The molecule has 3 heterocycles. The zero-order chi connectivity index (χ0) is 24.7. The Bertz CT molecular complexity index is 774. The number of rotatable bonds is 10. The van der Waals surface area contributed by atoms with Crippen molar-refractivity contribution in [2.45, 2.75) is 103 Å². The number of amides is 2. The number of nitrogens with one attached hydrogen (secondary N) is 1. The number of carbonyl (C=O) groups is 3. The molecule has 3 saturated heterocycles. The van der Waals surface area contributed by atoms with Crippen molar-refractivity contribution >= 4 is 17.8 Å². The molecule has 3 fully saturated rings. The lowest BCUT2D eigenvalue weighted by molar-refractivity contribution is -0.162. The summed E-state index contributed by atoms with van der Waals surface area (Å²) in [7, 11) is 0. The highest BCUT2D eigenvalue weighted by Crippen LogP contribution is 2.65. The molecule has 3 rings (SSSR count). The second-order valence-electron chi connectivity index (χ2n) is 10.5. The molecule has 2 N–H and O–H groups in total. The van der Waals surface area contributed by atoms with Crippen molar-refractivity contribution in [3.63, 3.8) is 0 Å². The second-order valence-corrected chi connectivity index (χ2v) is 10.5. The maximum Gasteiger partial charge on any atom is 0.312 e. The predicted octanol–water partition coefficient (Wildman–Crippen LogP) is 2.27. The topological polar surface area (TPSA) is 105 Å². The standard InChI is InChI=1S/C25H42N2O6/c1-8-11-16(6)26-21(29)20-25-12-15(5)24(7,33-25)19(23(31)32-10-3)18(25)22(30)27(20)17(13-28)14(4)9-2/h14-20,28H,8-13H2,1-7H3,(H,26,29)/t14-,15?,16?,17-,18-,19-,20?,24+,25?/m0/s1. The van der Waals surface area contributed by atoms with E-state index in [0.29, 0.717) is 6.42 Å². The van der Waals surface area contributed by atoms with E-state index in [1.165, 1.54) is 0 Å². The van der Waals surface area contributed by atoms with Crippen molar-refractivity contribution in [1.29, 1.82) is 0 Å². The summed E-state index contributed by atoms with van der Waals surface area (Å²) < 4.78 is 12.0. The second kappa shape index (κ2) is 9.53. The molecule has 2 bridgehead atoms. The van der Waals surface area contributed by atoms with Gasteiger partial charge in [-0.05, 0) is 45.4 Å². The summed E-state index contributed by atoms with van der Waals surface area (Å²) in [5.74, 6) is -2.64. The molecular formula is C25H42N2O6. The quantitative estimate of drug-likeness (QED) is 0.479. The number of nitrogens with zero attached hydrogens (tertiary/aromatic N) is 1. The van der Waals surface area contributed by atoms with Crippen LogP contribution in [0.1, 0.15) is 74.1 Å². The van der Waals surface area contributed by atoms with E-state index in [1.54, 1.807) is 11.8 Å². The first kappa shape index (κ1) is 25.9. The molecule has 33 heavy (non-hydrogen) atoms. The van der Waals surface area contributed by atoms with Crippen LogP contribution in [-0.4, -0.2) is 70.3 Å². The molecule has 188 valence electrons. The molecule has 9 atom stereocenters. The minimum atomic E-state index is -1.11. The Kier molecular flexibility index (Phi) is 7.49. The van der Waals surface area contributed by atoms with Gasteiger partial charge in [-0.15, -0.1) is 0 Å². The third-order valence-corrected chi connectivity index (χ3v) is 8.50. The van der Waals surface area contributed by atoms with E-state index in [0.717, 1.165) is 19.3 Å². The molecule has 0 aromatic rings. The van der Waals surface area contributed by atoms with E-state index in [-0.39, 0.29) is 42.9 Å². The van der Waals surface area contributed by atoms with Crippen LogP contribution < -0.4 is 5.32 Å². The molecule has 0 saturated carbocycles. The van der Waals surface area contributed by atoms with Gasteiger partial charge in [-0.1, -0.05) is 40.5 Å². The molecule has 0 radical (unpaired) electrons. The van der Waals surface area contributed by atoms with Crippen LogP contribution in [0.2, 0.25) is 0 Å². The molecule has 0 aromatic heterocycles. The molecule has 8 nitrogen and oxygen atoms in total. The molecule has 3 aliphatic heterocycles. The van der Waals surface area contributed by atoms with Gasteiger partial charge >= 0.3 is 5.97 Å². The van der Waals surface area contributed by atoms with Crippen LogP contribution in [0.15, 0.2) is 0 Å². The Balaban J connectivity index is 2.12. The minimum absolute atomic E-state index is 0.0243. The number of fused-ring (bicyclic) bond motifs is 1. The average molecular weight is 467 g/mol. The highest BCUT2D eigenvalue weighted by Gasteiger charge is 2.80. The number of aliphatic hydroxyl groups is 1. The predicted molar refractivity (Wildman–Crippen MR) is 123 cm³/mol. The summed E-state index contributed by atoms with van der Waals surface area (Å²) in [5.41, 5.74) is -1.99. The smallest absolute Gasteiger partial charge is 0.312 e. The van der Waals surface area contributed by atoms with Crippen LogP contribution in [-0.2, 0) is 23.9 Å². The Morgan fingerprint density at radius 1 is 1.30 bits per heavy atom. The van der Waals surface area contributed by atoms with Gasteiger partial charge < -0.3 is 24.8 Å². The molecule has 1 spiro atoms. The highest BCUT2D eigenvalue weighted by atomic mass is 16.6. The third-order valence-electron chi connectivity index (χ3n) is 8.50. The van der Waals surface area contributed by atoms with Crippen molar-refractivity contribution in [1.82, 2.24) is 10.2 Å². The first-order valence-electron chi connectivity index (χ1n) is 12.6. The highest BCUT2D eigenvalue weighted by molar-refractivity contribution is 5.98. The van der Waals surface area contributed by atoms with Gasteiger partial charge in [0, 0.05) is 6.04 Å². The molecular weight excluding hydrogens is 424 g/mol. The fourth-order valence-corrected chi connectivity index (χ4v) is 6.57. The number of hydrogen-bond acceptors (Lipinski definition) is 6. The average Bonchev–Trinajstić information content (AvgIpc) is 3.26. The number of likely N-dealkylation sites (tertiary alicyclic amines) is 1. The summed E-state index contributed by atoms with van der Waals surface area (Å²) in [5, 5.41) is 13.4. The molecule has 8 heteroatoms. The fraction of sp³-hybridized carbons (Fsp3) is 0.880. The maximum atomic E-state index is 14.0. The lowest BCUT2D eigenvalue weighted by atomic mass is 9.62. The Labute approximate surface area is 197 Å². The van der Waals surface area contributed by atoms with Crippen molar-refractivity contribution in [3.05, 3.63) is 0 Å². The molecule has 2 amide bonds. The Morgan fingerprint density at radius 3 is 2.52 bits per heavy atom. The fourth-order valence-electron chi connectivity index (χ4n) is 6.57. The summed E-state index contributed by atoms with van der Waals surface area (Å²) >= 11 is 0. The zero-order valence-electron chi connectivity index (χ0n) is 21.2. The van der Waals surface area contributed by atoms with E-state index in [2.05, 4.69) is 12.2 Å². The Morgan fingerprint density at radius 2 is 1.97 bits per heavy atom. The number of hydrogen-bond donors (Lipinski definition) is 2. The van der Waals surface area contributed by atoms with Crippen LogP contribution in [0.3, 0.4) is 0 Å². The van der Waals surface area contributed by atoms with Gasteiger partial charge in [0.1, 0.15) is 17.6 Å². The number of carbonyl (C=O) groups excluding carboxylic acids is 3. The first-order valence-corrected chi connectivity index (χ1v) is 12.6. The van der Waals surface area contributed by atoms with Gasteiger partial charge in [0.05, 0.1) is 30.8 Å². The third kappa shape index (κ3) is 3.87. The van der Waals surface area contributed by atoms with Gasteiger partial charge in [0.2, 0.25) is 11.8 Å². The van der Waals surface area contributed by atoms with Gasteiger partial charge in [0.15, 0.2) is 0 Å². The van der Waals surface area contributed by atoms with Crippen molar-refractivity contribution < 1.29 is 29.0 Å². The van der Waals surface area contributed by atoms with Crippen LogP contribution in [0.25, 0.3) is 0 Å². The summed E-state index contributed by atoms with van der Waals surface area (Å²) in [6, 6.07) is -1.49. The number of aliphatic hydroxyl groups excluding tert-OH is 1. The maximum absolute atomic E-state index is 14.0. The van der Waals surface area contributed by atoms with Crippen molar-refractivity contribution in [2.24, 2.45) is 23.7 Å². The van der Waals surface area contributed by atoms with Crippen LogP contribution >= 0.6 is 0 Å². The summed E-state index contributed by atoms with van der Waals surface area (Å²) in [6.45, 7) is 13.6. The number of esters is 1. The normalized spacial score (nSPS) is 37.6. The van der Waals surface area contributed by atoms with Crippen LogP contribution in [0.4, 0.5) is 0 Å². The lowest BCUT2D eigenvalue weighted by Crippen LogP contribution is -2.60. The largest absolute Gasteiger partial charge is 0.466 e. The Hall–Kier alpha value is -1.67.